The van der Waals surface area contributed by atoms with Gasteiger partial charge in [-0.05, 0) is 111 Å². The zero-order chi connectivity index (χ0) is 47.5. The Balaban J connectivity index is 1.05. The van der Waals surface area contributed by atoms with E-state index >= 15 is 0 Å². The standard InChI is InChI=1S/C50H60F6O10/c1-3-47(33-61-34-47)31-59-27-9-5-7-11-29-63-39-19-13-37(14-20-39)17-25-43(57)65-41-23-24-42(46(50(54,55)56)45(41)49(51,52)53)66-44(58)26-18-38-15-21-40(22-16-38)64-30-12-8-6-10-28-60-32-48(4-2)35-62-36-48/h13-26H,3-12,27-36H2,1-2H3/b25-17+,26-18+. The van der Waals surface area contributed by atoms with Crippen molar-refractivity contribution < 1.29 is 73.8 Å². The summed E-state index contributed by atoms with van der Waals surface area (Å²) in [6.07, 6.45) is 2.24. The van der Waals surface area contributed by atoms with E-state index in [1.165, 1.54) is 12.2 Å². The van der Waals surface area contributed by atoms with Crippen molar-refractivity contribution >= 4 is 24.1 Å². The number of unbranched alkanes of at least 4 members (excludes halogenated alkanes) is 6. The van der Waals surface area contributed by atoms with Crippen LogP contribution in [0.2, 0.25) is 0 Å². The lowest BCUT2D eigenvalue weighted by Crippen LogP contribution is -2.45. The van der Waals surface area contributed by atoms with Crippen molar-refractivity contribution in [2.24, 2.45) is 10.8 Å². The van der Waals surface area contributed by atoms with Crippen LogP contribution in [0.4, 0.5) is 26.3 Å². The molecule has 5 rings (SSSR count). The zero-order valence-corrected chi connectivity index (χ0v) is 37.6. The number of esters is 2. The molecule has 0 atom stereocenters. The average molecular weight is 935 g/mol. The highest BCUT2D eigenvalue weighted by Gasteiger charge is 2.49. The summed E-state index contributed by atoms with van der Waals surface area (Å²) < 4.78 is 129. The third kappa shape index (κ3) is 16.5. The van der Waals surface area contributed by atoms with E-state index in [-0.39, 0.29) is 10.8 Å². The molecule has 66 heavy (non-hydrogen) atoms. The molecule has 0 aliphatic carbocycles. The third-order valence-corrected chi connectivity index (χ3v) is 11.6. The fourth-order valence-electron chi connectivity index (χ4n) is 7.10. The Morgan fingerprint density at radius 2 is 0.879 bits per heavy atom. The van der Waals surface area contributed by atoms with Gasteiger partial charge in [0.1, 0.15) is 34.1 Å². The lowest BCUT2D eigenvalue weighted by Gasteiger charge is -2.40. The van der Waals surface area contributed by atoms with Gasteiger partial charge in [-0.15, -0.1) is 0 Å². The minimum absolute atomic E-state index is 0.176. The van der Waals surface area contributed by atoms with Crippen molar-refractivity contribution in [2.45, 2.75) is 90.4 Å². The molecule has 0 spiro atoms. The number of halogens is 6. The highest BCUT2D eigenvalue weighted by Crippen LogP contribution is 2.49. The molecule has 2 saturated heterocycles. The van der Waals surface area contributed by atoms with E-state index in [0.717, 1.165) is 116 Å². The number of rotatable bonds is 28. The smallest absolute Gasteiger partial charge is 0.420 e. The van der Waals surface area contributed by atoms with E-state index in [4.69, 9.17) is 37.9 Å². The number of carbonyl (C=O) groups excluding carboxylic acids is 2. The van der Waals surface area contributed by atoms with Crippen LogP contribution in [-0.4, -0.2) is 78.0 Å². The van der Waals surface area contributed by atoms with E-state index in [0.29, 0.717) is 61.2 Å². The van der Waals surface area contributed by atoms with Gasteiger partial charge in [0.15, 0.2) is 0 Å². The van der Waals surface area contributed by atoms with Crippen molar-refractivity contribution in [3.05, 3.63) is 95.1 Å². The fraction of sp³-hybridized carbons (Fsp3) is 0.520. The Hall–Kier alpha value is -4.90. The summed E-state index contributed by atoms with van der Waals surface area (Å²) in [6, 6.07) is 13.9. The molecule has 3 aromatic carbocycles. The summed E-state index contributed by atoms with van der Waals surface area (Å²) in [5.41, 5.74) is -3.40. The second-order valence-corrected chi connectivity index (χ2v) is 16.8. The molecule has 2 aliphatic rings. The van der Waals surface area contributed by atoms with Gasteiger partial charge in [-0.1, -0.05) is 51.0 Å². The van der Waals surface area contributed by atoms with Crippen molar-refractivity contribution in [2.75, 3.05) is 66.1 Å². The lowest BCUT2D eigenvalue weighted by molar-refractivity contribution is -0.164. The van der Waals surface area contributed by atoms with Crippen molar-refractivity contribution in [3.8, 4) is 23.0 Å². The fourth-order valence-corrected chi connectivity index (χ4v) is 7.10. The first kappa shape index (κ1) is 52.1. The van der Waals surface area contributed by atoms with Gasteiger partial charge in [-0.3, -0.25) is 0 Å². The van der Waals surface area contributed by atoms with Crippen LogP contribution in [0.5, 0.6) is 23.0 Å². The summed E-state index contributed by atoms with van der Waals surface area (Å²) in [5.74, 6) is -4.46. The van der Waals surface area contributed by atoms with E-state index in [1.807, 2.05) is 0 Å². The van der Waals surface area contributed by atoms with E-state index in [9.17, 15) is 35.9 Å². The topological polar surface area (TPSA) is 108 Å². The van der Waals surface area contributed by atoms with Gasteiger partial charge in [0.25, 0.3) is 0 Å². The molecule has 10 nitrogen and oxygen atoms in total. The molecular weight excluding hydrogens is 875 g/mol. The molecule has 3 aromatic rings. The van der Waals surface area contributed by atoms with Crippen LogP contribution in [0.1, 0.15) is 100 Å². The molecule has 2 aliphatic heterocycles. The van der Waals surface area contributed by atoms with Gasteiger partial charge in [0.05, 0.1) is 52.9 Å². The third-order valence-electron chi connectivity index (χ3n) is 11.6. The van der Waals surface area contributed by atoms with Gasteiger partial charge in [0, 0.05) is 36.2 Å². The van der Waals surface area contributed by atoms with Crippen LogP contribution < -0.4 is 18.9 Å². The van der Waals surface area contributed by atoms with Crippen molar-refractivity contribution in [1.82, 2.24) is 0 Å². The Labute approximate surface area is 382 Å². The Bertz CT molecular complexity index is 1870. The predicted octanol–water partition coefficient (Wildman–Crippen LogP) is 11.7. The highest BCUT2D eigenvalue weighted by atomic mass is 19.4. The number of carbonyl (C=O) groups is 2. The number of ether oxygens (including phenoxy) is 8. The Morgan fingerprint density at radius 1 is 0.530 bits per heavy atom. The molecule has 16 heteroatoms. The summed E-state index contributed by atoms with van der Waals surface area (Å²) in [4.78, 5) is 25.2. The van der Waals surface area contributed by atoms with Crippen LogP contribution in [0.15, 0.2) is 72.8 Å². The number of alkyl halides is 6. The van der Waals surface area contributed by atoms with Crippen LogP contribution in [0, 0.1) is 10.8 Å². The highest BCUT2D eigenvalue weighted by molar-refractivity contribution is 5.90. The van der Waals surface area contributed by atoms with Gasteiger partial charge in [-0.2, -0.15) is 26.3 Å². The molecule has 2 heterocycles. The maximum Gasteiger partial charge on any atom is 0.420 e. The first-order valence-electron chi connectivity index (χ1n) is 22.5. The van der Waals surface area contributed by atoms with E-state index in [1.54, 1.807) is 48.5 Å². The Kier molecular flexibility index (Phi) is 20.0. The number of benzene rings is 3. The van der Waals surface area contributed by atoms with Crippen LogP contribution in [0.25, 0.3) is 12.2 Å². The first-order valence-corrected chi connectivity index (χ1v) is 22.5. The van der Waals surface area contributed by atoms with Gasteiger partial charge >= 0.3 is 24.3 Å². The van der Waals surface area contributed by atoms with Crippen LogP contribution >= 0.6 is 0 Å². The number of hydrogen-bond donors (Lipinski definition) is 0. The zero-order valence-electron chi connectivity index (χ0n) is 37.6. The maximum absolute atomic E-state index is 14.3. The minimum Gasteiger partial charge on any atom is -0.494 e. The molecule has 0 unspecified atom stereocenters. The first-order chi connectivity index (χ1) is 31.6. The predicted molar refractivity (Wildman–Crippen MR) is 235 cm³/mol. The van der Waals surface area contributed by atoms with Crippen molar-refractivity contribution in [1.29, 1.82) is 0 Å². The van der Waals surface area contributed by atoms with Crippen LogP contribution in [0.3, 0.4) is 0 Å². The molecule has 0 N–H and O–H groups in total. The normalized spacial score (nSPS) is 15.6. The van der Waals surface area contributed by atoms with Gasteiger partial charge < -0.3 is 37.9 Å². The number of hydrogen-bond acceptors (Lipinski definition) is 10. The molecule has 0 saturated carbocycles. The molecule has 0 amide bonds. The molecule has 2 fully saturated rings. The molecular formula is C50H60F6O10. The molecule has 0 aromatic heterocycles. The summed E-state index contributed by atoms with van der Waals surface area (Å²) >= 11 is 0. The summed E-state index contributed by atoms with van der Waals surface area (Å²) in [7, 11) is 0. The molecule has 0 radical (unpaired) electrons. The summed E-state index contributed by atoms with van der Waals surface area (Å²) in [5, 5.41) is 0. The Morgan fingerprint density at radius 3 is 1.18 bits per heavy atom. The van der Waals surface area contributed by atoms with E-state index < -0.39 is 46.9 Å². The minimum atomic E-state index is -5.67. The quantitative estimate of drug-likeness (QED) is 0.0230. The second kappa shape index (κ2) is 25.3. The second-order valence-electron chi connectivity index (χ2n) is 16.8. The largest absolute Gasteiger partial charge is 0.494 e. The molecule has 362 valence electrons. The van der Waals surface area contributed by atoms with Crippen LogP contribution in [-0.2, 0) is 40.9 Å². The van der Waals surface area contributed by atoms with E-state index in [2.05, 4.69) is 13.8 Å². The van der Waals surface area contributed by atoms with Gasteiger partial charge in [0.2, 0.25) is 0 Å². The van der Waals surface area contributed by atoms with Crippen molar-refractivity contribution in [3.63, 3.8) is 0 Å². The molecule has 0 bridgehead atoms. The monoisotopic (exact) mass is 934 g/mol. The lowest BCUT2D eigenvalue weighted by atomic mass is 9.84. The summed E-state index contributed by atoms with van der Waals surface area (Å²) in [6.45, 7) is 11.1. The van der Waals surface area contributed by atoms with Gasteiger partial charge in [-0.25, -0.2) is 9.59 Å². The SMILES string of the molecule is CCC1(COCCCCCCOc2ccc(/C=C/C(=O)Oc3ccc(OC(=O)/C=C/c4ccc(OCCCCCCOCC5(CC)COC5)cc4)c(C(F)(F)F)c3C(F)(F)F)cc2)COC1. The maximum atomic E-state index is 14.3. The average Bonchev–Trinajstić information content (AvgIpc) is 3.25.